The minimum Gasteiger partial charge on any atom is -0.444 e. The zero-order valence-electron chi connectivity index (χ0n) is 18.1. The van der Waals surface area contributed by atoms with E-state index in [0.29, 0.717) is 41.6 Å². The van der Waals surface area contributed by atoms with Crippen molar-refractivity contribution in [2.45, 2.75) is 45.3 Å². The van der Waals surface area contributed by atoms with Gasteiger partial charge in [-0.05, 0) is 45.7 Å². The van der Waals surface area contributed by atoms with Crippen LogP contribution in [-0.2, 0) is 9.53 Å². The van der Waals surface area contributed by atoms with E-state index in [1.54, 1.807) is 26.8 Å². The number of aromatic amines is 1. The van der Waals surface area contributed by atoms with Gasteiger partial charge in [0.1, 0.15) is 11.6 Å². The summed E-state index contributed by atoms with van der Waals surface area (Å²) < 4.78 is 19.0. The first-order valence-electron chi connectivity index (χ1n) is 10.4. The zero-order valence-corrected chi connectivity index (χ0v) is 19.0. The number of rotatable bonds is 4. The second kappa shape index (κ2) is 8.74. The number of amides is 2. The molecular weight excluding hydrogens is 431 g/mol. The first-order chi connectivity index (χ1) is 15.2. The van der Waals surface area contributed by atoms with Crippen LogP contribution in [0.25, 0.3) is 22.0 Å². The second-order valence-corrected chi connectivity index (χ2v) is 9.63. The van der Waals surface area contributed by atoms with Crippen molar-refractivity contribution in [3.63, 3.8) is 0 Å². The van der Waals surface area contributed by atoms with Gasteiger partial charge in [0.05, 0.1) is 10.6 Å². The Kier molecular flexibility index (Phi) is 6.01. The first kappa shape index (κ1) is 22.0. The molecule has 2 N–H and O–H groups in total. The quantitative estimate of drug-likeness (QED) is 0.559. The highest BCUT2D eigenvalue weighted by Crippen LogP contribution is 2.33. The zero-order chi connectivity index (χ0) is 22.9. The molecule has 1 fully saturated rings. The van der Waals surface area contributed by atoms with Gasteiger partial charge in [0.25, 0.3) is 0 Å². The number of nitrogens with zero attached hydrogens (tertiary/aromatic N) is 2. The normalized spacial score (nSPS) is 16.2. The Hall–Kier alpha value is -3.20. The highest BCUT2D eigenvalue weighted by Gasteiger charge is 2.37. The molecule has 0 bridgehead atoms. The number of thiophene rings is 1. The van der Waals surface area contributed by atoms with Crippen LogP contribution in [0.15, 0.2) is 42.5 Å². The van der Waals surface area contributed by atoms with Gasteiger partial charge in [-0.15, -0.1) is 11.3 Å². The molecule has 1 aromatic carbocycles. The smallest absolute Gasteiger partial charge is 0.410 e. The molecule has 2 amide bonds. The number of nitrogens with one attached hydrogen (secondary N) is 2. The van der Waals surface area contributed by atoms with Gasteiger partial charge in [-0.1, -0.05) is 30.3 Å². The third-order valence-electron chi connectivity index (χ3n) is 5.00. The number of anilines is 1. The van der Waals surface area contributed by atoms with Crippen LogP contribution >= 0.6 is 11.3 Å². The van der Waals surface area contributed by atoms with Crippen LogP contribution in [0, 0.1) is 5.13 Å². The maximum Gasteiger partial charge on any atom is 0.410 e. The van der Waals surface area contributed by atoms with E-state index in [0.717, 1.165) is 16.9 Å². The Labute approximate surface area is 189 Å². The summed E-state index contributed by atoms with van der Waals surface area (Å²) in [4.78, 5) is 35.6. The number of hydrogen-bond acceptors (Lipinski definition) is 5. The molecule has 168 valence electrons. The van der Waals surface area contributed by atoms with Gasteiger partial charge in [0.15, 0.2) is 16.8 Å². The number of likely N-dealkylation sites (tertiary alicyclic amines) is 1. The van der Waals surface area contributed by atoms with Gasteiger partial charge in [-0.25, -0.2) is 9.78 Å². The molecule has 1 atom stereocenters. The molecule has 0 spiro atoms. The van der Waals surface area contributed by atoms with E-state index in [-0.39, 0.29) is 11.0 Å². The van der Waals surface area contributed by atoms with Crippen LogP contribution < -0.4 is 5.32 Å². The molecule has 1 aliphatic rings. The molecule has 7 nitrogen and oxygen atoms in total. The standard InChI is InChI=1S/C23H25FN4O3S/c1-23(2,3)31-22(30)28-13-7-10-15(28)21(29)27-20-18(14-8-5-4-6-9-14)25-19(26-20)16-11-12-17(24)32-16/h4-6,8-9,11-12,15H,7,10,13H2,1-3H3,(H,25,26)(H,27,29)/t15-/m0/s1. The summed E-state index contributed by atoms with van der Waals surface area (Å²) in [5, 5.41) is 2.56. The number of ether oxygens (including phenoxy) is 1. The Morgan fingerprint density at radius 1 is 1.22 bits per heavy atom. The Bertz CT molecular complexity index is 1120. The molecule has 3 aromatic rings. The van der Waals surface area contributed by atoms with Gasteiger partial charge in [-0.3, -0.25) is 9.69 Å². The predicted octanol–water partition coefficient (Wildman–Crippen LogP) is 5.28. The lowest BCUT2D eigenvalue weighted by atomic mass is 10.1. The van der Waals surface area contributed by atoms with Crippen LogP contribution in [0.4, 0.5) is 15.0 Å². The maximum absolute atomic E-state index is 13.6. The average molecular weight is 457 g/mol. The summed E-state index contributed by atoms with van der Waals surface area (Å²) in [6.07, 6.45) is 0.748. The lowest BCUT2D eigenvalue weighted by Crippen LogP contribution is -2.45. The van der Waals surface area contributed by atoms with E-state index in [2.05, 4.69) is 15.3 Å². The highest BCUT2D eigenvalue weighted by atomic mass is 32.1. The van der Waals surface area contributed by atoms with Crippen LogP contribution in [0.2, 0.25) is 0 Å². The van der Waals surface area contributed by atoms with Crippen LogP contribution in [0.3, 0.4) is 0 Å². The van der Waals surface area contributed by atoms with Crippen LogP contribution in [0.1, 0.15) is 33.6 Å². The first-order valence-corrected chi connectivity index (χ1v) is 11.2. The fourth-order valence-corrected chi connectivity index (χ4v) is 4.29. The van der Waals surface area contributed by atoms with Crippen LogP contribution in [0.5, 0.6) is 0 Å². The summed E-state index contributed by atoms with van der Waals surface area (Å²) >= 11 is 0.969. The predicted molar refractivity (Wildman–Crippen MR) is 122 cm³/mol. The molecule has 1 saturated heterocycles. The van der Waals surface area contributed by atoms with Gasteiger partial charge < -0.3 is 15.0 Å². The van der Waals surface area contributed by atoms with Crippen molar-refractivity contribution in [1.82, 2.24) is 14.9 Å². The second-order valence-electron chi connectivity index (χ2n) is 8.60. The fourth-order valence-electron chi connectivity index (χ4n) is 3.61. The van der Waals surface area contributed by atoms with Crippen LogP contribution in [-0.4, -0.2) is 45.1 Å². The monoisotopic (exact) mass is 456 g/mol. The summed E-state index contributed by atoms with van der Waals surface area (Å²) in [5.41, 5.74) is 0.799. The maximum atomic E-state index is 13.6. The van der Waals surface area contributed by atoms with Crippen molar-refractivity contribution in [3.8, 4) is 22.0 Å². The van der Waals surface area contributed by atoms with E-state index in [1.165, 1.54) is 11.0 Å². The number of hydrogen-bond donors (Lipinski definition) is 2. The van der Waals surface area contributed by atoms with E-state index in [4.69, 9.17) is 4.74 Å². The minimum atomic E-state index is -0.646. The third kappa shape index (κ3) is 4.83. The highest BCUT2D eigenvalue weighted by molar-refractivity contribution is 7.13. The van der Waals surface area contributed by atoms with E-state index in [1.807, 2.05) is 30.3 Å². The van der Waals surface area contributed by atoms with Crippen molar-refractivity contribution in [3.05, 3.63) is 47.6 Å². The summed E-state index contributed by atoms with van der Waals surface area (Å²) in [6.45, 7) is 5.83. The topological polar surface area (TPSA) is 87.3 Å². The summed E-state index contributed by atoms with van der Waals surface area (Å²) in [7, 11) is 0. The van der Waals surface area contributed by atoms with E-state index in [9.17, 15) is 14.0 Å². The molecule has 4 rings (SSSR count). The average Bonchev–Trinajstić information content (AvgIpc) is 3.46. The largest absolute Gasteiger partial charge is 0.444 e. The Morgan fingerprint density at radius 2 is 1.97 bits per heavy atom. The number of carbonyl (C=O) groups excluding carboxylic acids is 2. The number of H-pyrrole nitrogens is 1. The number of imidazole rings is 1. The van der Waals surface area contributed by atoms with Gasteiger partial charge in [0.2, 0.25) is 5.91 Å². The minimum absolute atomic E-state index is 0.317. The van der Waals surface area contributed by atoms with E-state index >= 15 is 0 Å². The number of carbonyl (C=O) groups is 2. The summed E-state index contributed by atoms with van der Waals surface area (Å²) in [5.74, 6) is 0.463. The Balaban J connectivity index is 1.61. The molecule has 2 aromatic heterocycles. The third-order valence-corrected chi connectivity index (χ3v) is 5.88. The van der Waals surface area contributed by atoms with Crippen molar-refractivity contribution < 1.29 is 18.7 Å². The Morgan fingerprint density at radius 3 is 2.62 bits per heavy atom. The molecule has 1 aliphatic heterocycles. The lowest BCUT2D eigenvalue weighted by Gasteiger charge is -2.27. The molecule has 32 heavy (non-hydrogen) atoms. The number of halogens is 1. The molecule has 3 heterocycles. The molecule has 0 aliphatic carbocycles. The number of benzene rings is 1. The molecular formula is C23H25FN4O3S. The van der Waals surface area contributed by atoms with Crippen molar-refractivity contribution >= 4 is 29.2 Å². The molecule has 0 saturated carbocycles. The van der Waals surface area contributed by atoms with Gasteiger partial charge in [-0.2, -0.15) is 4.39 Å². The number of aromatic nitrogens is 2. The van der Waals surface area contributed by atoms with Gasteiger partial charge in [0, 0.05) is 12.1 Å². The van der Waals surface area contributed by atoms with Crippen molar-refractivity contribution in [2.24, 2.45) is 0 Å². The fraction of sp³-hybridized carbons (Fsp3) is 0.348. The van der Waals surface area contributed by atoms with Crippen molar-refractivity contribution in [2.75, 3.05) is 11.9 Å². The molecule has 0 radical (unpaired) electrons. The SMILES string of the molecule is CC(C)(C)OC(=O)N1CCC[C@H]1C(=O)Nc1nc(-c2ccc(F)s2)[nH]c1-c1ccccc1. The van der Waals surface area contributed by atoms with E-state index < -0.39 is 17.7 Å². The van der Waals surface area contributed by atoms with Crippen molar-refractivity contribution in [1.29, 1.82) is 0 Å². The molecule has 9 heteroatoms. The van der Waals surface area contributed by atoms with Gasteiger partial charge >= 0.3 is 6.09 Å². The lowest BCUT2D eigenvalue weighted by molar-refractivity contribution is -0.120. The summed E-state index contributed by atoms with van der Waals surface area (Å²) in [6, 6.07) is 11.8. The molecule has 0 unspecified atom stereocenters.